The van der Waals surface area contributed by atoms with Gasteiger partial charge in [-0.3, -0.25) is 0 Å². The molecule has 0 N–H and O–H groups in total. The molecule has 3 saturated carbocycles. The summed E-state index contributed by atoms with van der Waals surface area (Å²) < 4.78 is 12.6. The van der Waals surface area contributed by atoms with Crippen molar-refractivity contribution in [3.05, 3.63) is 0 Å². The summed E-state index contributed by atoms with van der Waals surface area (Å²) in [6, 6.07) is 0. The van der Waals surface area contributed by atoms with E-state index in [4.69, 9.17) is 9.31 Å². The molecule has 0 radical (unpaired) electrons. The lowest BCUT2D eigenvalue weighted by molar-refractivity contribution is -0.199. The Morgan fingerprint density at radius 2 is 1.94 bits per heavy atom. The summed E-state index contributed by atoms with van der Waals surface area (Å²) in [5.74, 6) is 2.28. The number of hydrogen-bond donors (Lipinski definition) is 0. The number of rotatable bonds is 3. The molecular weight excluding hydrogens is 223 g/mol. The summed E-state index contributed by atoms with van der Waals surface area (Å²) in [5, 5.41) is 0. The average molecular weight is 250 g/mol. The summed E-state index contributed by atoms with van der Waals surface area (Å²) in [5.41, 5.74) is 0.446. The van der Waals surface area contributed by atoms with Crippen molar-refractivity contribution < 1.29 is 9.31 Å². The Balaban J connectivity index is 1.69. The molecule has 0 amide bonds. The number of hydrogen-bond acceptors (Lipinski definition) is 2. The quantitative estimate of drug-likeness (QED) is 0.710. The molecule has 0 aromatic rings. The van der Waals surface area contributed by atoms with E-state index in [9.17, 15) is 0 Å². The van der Waals surface area contributed by atoms with Crippen LogP contribution in [0.15, 0.2) is 0 Å². The molecule has 102 valence electrons. The molecule has 1 saturated heterocycles. The molecule has 2 bridgehead atoms. The van der Waals surface area contributed by atoms with E-state index in [0.717, 1.165) is 18.2 Å². The van der Waals surface area contributed by atoms with Gasteiger partial charge in [-0.05, 0) is 49.3 Å². The van der Waals surface area contributed by atoms with Crippen LogP contribution in [0, 0.1) is 23.2 Å². The highest BCUT2D eigenvalue weighted by molar-refractivity contribution is 6.45. The summed E-state index contributed by atoms with van der Waals surface area (Å²) in [6.45, 7) is 11.7. The van der Waals surface area contributed by atoms with Gasteiger partial charge in [-0.25, -0.2) is 0 Å². The van der Waals surface area contributed by atoms with Gasteiger partial charge in [-0.1, -0.05) is 34.1 Å². The fourth-order valence-electron chi connectivity index (χ4n) is 4.54. The zero-order valence-electron chi connectivity index (χ0n) is 12.5. The van der Waals surface area contributed by atoms with Crippen molar-refractivity contribution >= 4 is 7.12 Å². The highest BCUT2D eigenvalue weighted by Gasteiger charge is 2.67. The Hall–Kier alpha value is -0.0151. The van der Waals surface area contributed by atoms with Crippen LogP contribution in [0.2, 0.25) is 6.32 Å². The van der Waals surface area contributed by atoms with Crippen LogP contribution in [0.4, 0.5) is 0 Å². The van der Waals surface area contributed by atoms with Crippen molar-refractivity contribution in [3.63, 3.8) is 0 Å². The predicted molar refractivity (Wildman–Crippen MR) is 74.4 cm³/mol. The second kappa shape index (κ2) is 3.99. The summed E-state index contributed by atoms with van der Waals surface area (Å²) in [7, 11) is 0.0533. The lowest BCUT2D eigenvalue weighted by atomic mass is 9.43. The predicted octanol–water partition coefficient (Wildman–Crippen LogP) is 3.76. The van der Waals surface area contributed by atoms with E-state index < -0.39 is 0 Å². The van der Waals surface area contributed by atoms with Crippen molar-refractivity contribution in [3.8, 4) is 0 Å². The Kier molecular flexibility index (Phi) is 2.88. The van der Waals surface area contributed by atoms with Crippen molar-refractivity contribution in [2.75, 3.05) is 0 Å². The molecule has 0 unspecified atom stereocenters. The van der Waals surface area contributed by atoms with Crippen LogP contribution < -0.4 is 0 Å². The second-order valence-electron chi connectivity index (χ2n) is 7.87. The highest BCUT2D eigenvalue weighted by atomic mass is 16.7. The van der Waals surface area contributed by atoms with Gasteiger partial charge in [-0.2, -0.15) is 0 Å². The van der Waals surface area contributed by atoms with Gasteiger partial charge in [0.25, 0.3) is 0 Å². The minimum Gasteiger partial charge on any atom is -0.405 e. The first-order chi connectivity index (χ1) is 8.34. The average Bonchev–Trinajstić information content (AvgIpc) is 2.61. The molecule has 18 heavy (non-hydrogen) atoms. The van der Waals surface area contributed by atoms with E-state index in [1.54, 1.807) is 0 Å². The van der Waals surface area contributed by atoms with Gasteiger partial charge in [0, 0.05) is 0 Å². The molecule has 4 rings (SSSR count). The highest BCUT2D eigenvalue weighted by Crippen LogP contribution is 2.65. The maximum absolute atomic E-state index is 6.37. The molecule has 0 aromatic heterocycles. The van der Waals surface area contributed by atoms with Crippen LogP contribution in [-0.2, 0) is 9.31 Å². The smallest absolute Gasteiger partial charge is 0.405 e. The summed E-state index contributed by atoms with van der Waals surface area (Å²) >= 11 is 0. The summed E-state index contributed by atoms with van der Waals surface area (Å²) in [4.78, 5) is 0. The third-order valence-corrected chi connectivity index (χ3v) is 5.98. The van der Waals surface area contributed by atoms with Crippen LogP contribution in [0.5, 0.6) is 0 Å². The van der Waals surface area contributed by atoms with E-state index in [1.807, 2.05) is 0 Å². The van der Waals surface area contributed by atoms with E-state index in [0.29, 0.717) is 17.4 Å². The Labute approximate surface area is 112 Å². The van der Waals surface area contributed by atoms with E-state index >= 15 is 0 Å². The van der Waals surface area contributed by atoms with Crippen LogP contribution in [0.25, 0.3) is 0 Å². The third-order valence-electron chi connectivity index (χ3n) is 5.98. The van der Waals surface area contributed by atoms with Gasteiger partial charge in [0.15, 0.2) is 0 Å². The molecule has 1 aliphatic heterocycles. The zero-order chi connectivity index (χ0) is 13.1. The van der Waals surface area contributed by atoms with Crippen molar-refractivity contribution in [1.82, 2.24) is 0 Å². The van der Waals surface area contributed by atoms with Gasteiger partial charge in [0.1, 0.15) is 0 Å². The first-order valence-electron chi connectivity index (χ1n) is 7.67. The Morgan fingerprint density at radius 1 is 1.22 bits per heavy atom. The van der Waals surface area contributed by atoms with Gasteiger partial charge in [0.05, 0.1) is 11.7 Å². The minimum atomic E-state index is -0.0140. The SMILES string of the molecule is CC(C)CCB1O[C@@H]2C[C@@H]3C[C@@H](C3(C)C)[C@]2(C)O1. The van der Waals surface area contributed by atoms with Gasteiger partial charge in [0.2, 0.25) is 0 Å². The van der Waals surface area contributed by atoms with Crippen LogP contribution in [0.3, 0.4) is 0 Å². The zero-order valence-corrected chi connectivity index (χ0v) is 12.5. The minimum absolute atomic E-state index is 0.0140. The normalized spacial score (nSPS) is 45.0. The maximum atomic E-state index is 6.37. The van der Waals surface area contributed by atoms with E-state index in [2.05, 4.69) is 34.6 Å². The molecule has 0 spiro atoms. The molecule has 4 atom stereocenters. The Morgan fingerprint density at radius 3 is 2.56 bits per heavy atom. The molecule has 1 heterocycles. The van der Waals surface area contributed by atoms with Crippen LogP contribution in [0.1, 0.15) is 53.9 Å². The van der Waals surface area contributed by atoms with Gasteiger partial charge >= 0.3 is 7.12 Å². The molecule has 0 aromatic carbocycles. The van der Waals surface area contributed by atoms with Crippen molar-refractivity contribution in [2.24, 2.45) is 23.2 Å². The van der Waals surface area contributed by atoms with Crippen LogP contribution in [-0.4, -0.2) is 18.8 Å². The topological polar surface area (TPSA) is 18.5 Å². The Bertz CT molecular complexity index is 341. The first kappa shape index (κ1) is 13.0. The standard InChI is InChI=1S/C15H27BO2/c1-10(2)6-7-16-17-13-9-11-8-12(14(11,3)4)15(13,5)18-16/h10-13H,6-9H2,1-5H3/t11-,12-,13+,15-/m0/s1. The summed E-state index contributed by atoms with van der Waals surface area (Å²) in [6.07, 6.45) is 5.16. The first-order valence-corrected chi connectivity index (χ1v) is 7.67. The molecule has 4 aliphatic rings. The van der Waals surface area contributed by atoms with E-state index in [-0.39, 0.29) is 12.7 Å². The van der Waals surface area contributed by atoms with E-state index in [1.165, 1.54) is 19.3 Å². The molecule has 3 aliphatic carbocycles. The lowest BCUT2D eigenvalue weighted by Crippen LogP contribution is -2.65. The molecular formula is C15H27BO2. The molecule has 4 fully saturated rings. The fourth-order valence-corrected chi connectivity index (χ4v) is 4.54. The molecule has 2 nitrogen and oxygen atoms in total. The fraction of sp³-hybridized carbons (Fsp3) is 1.00. The van der Waals surface area contributed by atoms with Crippen molar-refractivity contribution in [1.29, 1.82) is 0 Å². The molecule has 3 heteroatoms. The maximum Gasteiger partial charge on any atom is 0.457 e. The largest absolute Gasteiger partial charge is 0.457 e. The van der Waals surface area contributed by atoms with Gasteiger partial charge in [-0.15, -0.1) is 0 Å². The monoisotopic (exact) mass is 250 g/mol. The van der Waals surface area contributed by atoms with Crippen molar-refractivity contribution in [2.45, 2.75) is 71.9 Å². The lowest BCUT2D eigenvalue weighted by Gasteiger charge is -2.64. The second-order valence-corrected chi connectivity index (χ2v) is 7.87. The van der Waals surface area contributed by atoms with Crippen LogP contribution >= 0.6 is 0 Å². The van der Waals surface area contributed by atoms with Gasteiger partial charge < -0.3 is 9.31 Å². The third kappa shape index (κ3) is 1.70.